The Labute approximate surface area is 133 Å². The van der Waals surface area contributed by atoms with Crippen molar-refractivity contribution >= 4 is 39.5 Å². The second kappa shape index (κ2) is 6.40. The van der Waals surface area contributed by atoms with E-state index < -0.39 is 17.8 Å². The van der Waals surface area contributed by atoms with Crippen LogP contribution in [0.25, 0.3) is 0 Å². The highest BCUT2D eigenvalue weighted by molar-refractivity contribution is 9.10. The van der Waals surface area contributed by atoms with Crippen LogP contribution >= 0.6 is 15.9 Å². The number of amides is 1. The van der Waals surface area contributed by atoms with Gasteiger partial charge in [0.25, 0.3) is 5.91 Å². The number of aromatic carboxylic acids is 2. The summed E-state index contributed by atoms with van der Waals surface area (Å²) in [6.07, 6.45) is 0. The summed E-state index contributed by atoms with van der Waals surface area (Å²) in [5, 5.41) is 24.2. The van der Waals surface area contributed by atoms with Crippen LogP contribution in [0.4, 0.5) is 5.69 Å². The number of carbonyl (C=O) groups excluding carboxylic acids is 3. The average Bonchev–Trinajstić information content (AvgIpc) is 2.47. The highest BCUT2D eigenvalue weighted by Gasteiger charge is 2.11. The SMILES string of the molecule is O=C([O-])c1cc(NC(=O)c2ccccc2Br)cc(C(=O)[O-])c1. The summed E-state index contributed by atoms with van der Waals surface area (Å²) in [4.78, 5) is 33.9. The molecule has 0 fully saturated rings. The molecule has 7 heteroatoms. The van der Waals surface area contributed by atoms with Crippen molar-refractivity contribution in [1.82, 2.24) is 0 Å². The van der Waals surface area contributed by atoms with Crippen molar-refractivity contribution < 1.29 is 24.6 Å². The molecule has 0 aliphatic rings. The van der Waals surface area contributed by atoms with Gasteiger partial charge in [-0.15, -0.1) is 0 Å². The first-order valence-corrected chi connectivity index (χ1v) is 6.81. The zero-order valence-electron chi connectivity index (χ0n) is 11.0. The maximum absolute atomic E-state index is 12.1. The van der Waals surface area contributed by atoms with E-state index in [4.69, 9.17) is 0 Å². The van der Waals surface area contributed by atoms with E-state index in [1.807, 2.05) is 0 Å². The number of hydrogen-bond donors (Lipinski definition) is 1. The summed E-state index contributed by atoms with van der Waals surface area (Å²) in [6, 6.07) is 9.72. The van der Waals surface area contributed by atoms with Gasteiger partial charge in [-0.25, -0.2) is 0 Å². The molecule has 0 saturated heterocycles. The lowest BCUT2D eigenvalue weighted by Gasteiger charge is -2.12. The van der Waals surface area contributed by atoms with E-state index in [1.165, 1.54) is 0 Å². The molecule has 2 aromatic carbocycles. The standard InChI is InChI=1S/C15H10BrNO5/c16-12-4-2-1-3-11(12)13(18)17-10-6-8(14(19)20)5-9(7-10)15(21)22/h1-7H,(H,17,18)(H,19,20)(H,21,22)/p-2. The van der Waals surface area contributed by atoms with Crippen molar-refractivity contribution in [3.8, 4) is 0 Å². The molecule has 0 spiro atoms. The number of benzene rings is 2. The second-order valence-electron chi connectivity index (χ2n) is 4.31. The maximum atomic E-state index is 12.1. The number of halogens is 1. The summed E-state index contributed by atoms with van der Waals surface area (Å²) >= 11 is 3.22. The first-order chi connectivity index (χ1) is 10.4. The molecular formula is C15H8BrNO5-2. The summed E-state index contributed by atoms with van der Waals surface area (Å²) in [7, 11) is 0. The predicted molar refractivity (Wildman–Crippen MR) is 77.2 cm³/mol. The first-order valence-electron chi connectivity index (χ1n) is 6.02. The summed E-state index contributed by atoms with van der Waals surface area (Å²) in [6.45, 7) is 0. The molecule has 1 amide bonds. The molecule has 0 aromatic heterocycles. The molecule has 2 aromatic rings. The normalized spacial score (nSPS) is 10.0. The van der Waals surface area contributed by atoms with Gasteiger partial charge in [0.15, 0.2) is 0 Å². The second-order valence-corrected chi connectivity index (χ2v) is 5.16. The lowest BCUT2D eigenvalue weighted by Crippen LogP contribution is -2.26. The van der Waals surface area contributed by atoms with Gasteiger partial charge < -0.3 is 25.1 Å². The van der Waals surface area contributed by atoms with Crippen LogP contribution in [0.2, 0.25) is 0 Å². The molecule has 0 bridgehead atoms. The van der Waals surface area contributed by atoms with Crippen molar-refractivity contribution in [3.63, 3.8) is 0 Å². The minimum absolute atomic E-state index is 0.0154. The predicted octanol–water partition coefficient (Wildman–Crippen LogP) is 0.428. The Morgan fingerprint density at radius 2 is 1.45 bits per heavy atom. The number of carboxylic acid groups (broad SMARTS) is 2. The van der Waals surface area contributed by atoms with E-state index in [1.54, 1.807) is 24.3 Å². The quantitative estimate of drug-likeness (QED) is 0.848. The molecule has 112 valence electrons. The minimum Gasteiger partial charge on any atom is -0.545 e. The molecular weight excluding hydrogens is 354 g/mol. The molecule has 0 aliphatic heterocycles. The Bertz CT molecular complexity index is 740. The van der Waals surface area contributed by atoms with E-state index in [9.17, 15) is 24.6 Å². The van der Waals surface area contributed by atoms with Gasteiger partial charge in [-0.2, -0.15) is 0 Å². The lowest BCUT2D eigenvalue weighted by atomic mass is 10.1. The van der Waals surface area contributed by atoms with Crippen LogP contribution in [0.5, 0.6) is 0 Å². The topological polar surface area (TPSA) is 109 Å². The van der Waals surface area contributed by atoms with Crippen LogP contribution < -0.4 is 15.5 Å². The molecule has 0 aliphatic carbocycles. The van der Waals surface area contributed by atoms with Crippen molar-refractivity contribution in [2.24, 2.45) is 0 Å². The molecule has 6 nitrogen and oxygen atoms in total. The van der Waals surface area contributed by atoms with E-state index >= 15 is 0 Å². The lowest BCUT2D eigenvalue weighted by molar-refractivity contribution is -0.255. The van der Waals surface area contributed by atoms with E-state index in [0.29, 0.717) is 10.0 Å². The van der Waals surface area contributed by atoms with Gasteiger partial charge in [-0.05, 0) is 57.4 Å². The van der Waals surface area contributed by atoms with Gasteiger partial charge >= 0.3 is 0 Å². The Hall–Kier alpha value is -2.67. The van der Waals surface area contributed by atoms with Gasteiger partial charge in [0.1, 0.15) is 0 Å². The Morgan fingerprint density at radius 3 is 1.95 bits per heavy atom. The molecule has 0 atom stereocenters. The van der Waals surface area contributed by atoms with Crippen LogP contribution in [-0.2, 0) is 0 Å². The van der Waals surface area contributed by atoms with Crippen LogP contribution in [0.15, 0.2) is 46.9 Å². The van der Waals surface area contributed by atoms with Gasteiger partial charge in [0.2, 0.25) is 0 Å². The first kappa shape index (κ1) is 15.7. The molecule has 22 heavy (non-hydrogen) atoms. The van der Waals surface area contributed by atoms with Gasteiger partial charge in [0, 0.05) is 10.2 Å². The zero-order chi connectivity index (χ0) is 16.3. The largest absolute Gasteiger partial charge is 0.545 e. The number of anilines is 1. The molecule has 1 N–H and O–H groups in total. The van der Waals surface area contributed by atoms with Gasteiger partial charge in [-0.3, -0.25) is 4.79 Å². The highest BCUT2D eigenvalue weighted by atomic mass is 79.9. The Morgan fingerprint density at radius 1 is 0.909 bits per heavy atom. The fraction of sp³-hybridized carbons (Fsp3) is 0. The minimum atomic E-state index is -1.56. The fourth-order valence-corrected chi connectivity index (χ4v) is 2.24. The smallest absolute Gasteiger partial charge is 0.256 e. The Kier molecular flexibility index (Phi) is 4.57. The molecule has 0 radical (unpaired) electrons. The number of carboxylic acids is 2. The molecule has 2 rings (SSSR count). The average molecular weight is 362 g/mol. The van der Waals surface area contributed by atoms with Crippen molar-refractivity contribution in [3.05, 3.63) is 63.6 Å². The van der Waals surface area contributed by atoms with Gasteiger partial charge in [-0.1, -0.05) is 12.1 Å². The molecule has 0 saturated carbocycles. The van der Waals surface area contributed by atoms with Crippen LogP contribution in [0, 0.1) is 0 Å². The van der Waals surface area contributed by atoms with E-state index in [0.717, 1.165) is 18.2 Å². The number of rotatable bonds is 4. The highest BCUT2D eigenvalue weighted by Crippen LogP contribution is 2.19. The number of carbonyl (C=O) groups is 3. The van der Waals surface area contributed by atoms with Crippen molar-refractivity contribution in [2.45, 2.75) is 0 Å². The third-order valence-electron chi connectivity index (χ3n) is 2.78. The third kappa shape index (κ3) is 3.50. The van der Waals surface area contributed by atoms with E-state index in [2.05, 4.69) is 21.2 Å². The van der Waals surface area contributed by atoms with Crippen LogP contribution in [0.1, 0.15) is 31.1 Å². The molecule has 0 unspecified atom stereocenters. The number of nitrogens with one attached hydrogen (secondary N) is 1. The summed E-state index contributed by atoms with van der Waals surface area (Å²) in [5.41, 5.74) is -0.411. The van der Waals surface area contributed by atoms with Crippen LogP contribution in [0.3, 0.4) is 0 Å². The van der Waals surface area contributed by atoms with Crippen molar-refractivity contribution in [1.29, 1.82) is 0 Å². The van der Waals surface area contributed by atoms with Gasteiger partial charge in [0.05, 0.1) is 17.5 Å². The fourth-order valence-electron chi connectivity index (χ4n) is 1.78. The molecule has 0 heterocycles. The zero-order valence-corrected chi connectivity index (χ0v) is 12.5. The summed E-state index contributed by atoms with van der Waals surface area (Å²) < 4.78 is 0.545. The summed E-state index contributed by atoms with van der Waals surface area (Å²) in [5.74, 6) is -3.63. The number of hydrogen-bond acceptors (Lipinski definition) is 5. The van der Waals surface area contributed by atoms with Crippen LogP contribution in [-0.4, -0.2) is 17.8 Å². The Balaban J connectivity index is 2.37. The maximum Gasteiger partial charge on any atom is 0.256 e. The monoisotopic (exact) mass is 361 g/mol. The van der Waals surface area contributed by atoms with Crippen molar-refractivity contribution in [2.75, 3.05) is 5.32 Å². The van der Waals surface area contributed by atoms with E-state index in [-0.39, 0.29) is 16.8 Å². The third-order valence-corrected chi connectivity index (χ3v) is 3.47.